The Kier molecular flexibility index (Phi) is 6.08. The molecule has 3 rings (SSSR count). The lowest BCUT2D eigenvalue weighted by atomic mass is 10.3. The van der Waals surface area contributed by atoms with Crippen LogP contribution in [-0.2, 0) is 11.2 Å². The quantitative estimate of drug-likeness (QED) is 0.709. The van der Waals surface area contributed by atoms with Gasteiger partial charge in [0.25, 0.3) is 5.22 Å². The molecule has 1 aliphatic rings. The predicted molar refractivity (Wildman–Crippen MR) is 98.0 cm³/mol. The van der Waals surface area contributed by atoms with E-state index in [4.69, 9.17) is 4.42 Å². The van der Waals surface area contributed by atoms with Crippen LogP contribution in [0.3, 0.4) is 0 Å². The molecular formula is C16H23N5O2S2. The minimum absolute atomic E-state index is 0.135. The summed E-state index contributed by atoms with van der Waals surface area (Å²) >= 11 is 2.93. The highest BCUT2D eigenvalue weighted by atomic mass is 32.2. The number of likely N-dealkylation sites (N-methyl/N-ethyl adjacent to an activating group) is 1. The molecule has 9 heteroatoms. The Balaban J connectivity index is 1.52. The van der Waals surface area contributed by atoms with Crippen LogP contribution in [0.25, 0.3) is 0 Å². The third kappa shape index (κ3) is 4.80. The van der Waals surface area contributed by atoms with Gasteiger partial charge in [0.05, 0.1) is 22.4 Å². The zero-order valence-electron chi connectivity index (χ0n) is 14.8. The molecule has 25 heavy (non-hydrogen) atoms. The maximum atomic E-state index is 12.6. The van der Waals surface area contributed by atoms with Crippen molar-refractivity contribution in [3.63, 3.8) is 0 Å². The van der Waals surface area contributed by atoms with Crippen molar-refractivity contribution >= 4 is 29.0 Å². The maximum Gasteiger partial charge on any atom is 0.277 e. The second kappa shape index (κ2) is 8.29. The van der Waals surface area contributed by atoms with E-state index in [1.54, 1.807) is 11.3 Å². The second-order valence-electron chi connectivity index (χ2n) is 6.02. The summed E-state index contributed by atoms with van der Waals surface area (Å²) in [5, 5.41) is 11.3. The predicted octanol–water partition coefficient (Wildman–Crippen LogP) is 2.07. The van der Waals surface area contributed by atoms with Gasteiger partial charge in [0, 0.05) is 31.6 Å². The SMILES string of the molecule is CCN1CCN(C(=O)[C@@H](C)Sc2nnc(Cc3csc(C)n3)o2)CC1. The summed E-state index contributed by atoms with van der Waals surface area (Å²) in [5.74, 6) is 0.666. The van der Waals surface area contributed by atoms with Gasteiger partial charge in [0.15, 0.2) is 0 Å². The van der Waals surface area contributed by atoms with Gasteiger partial charge in [-0.15, -0.1) is 21.5 Å². The van der Waals surface area contributed by atoms with Crippen LogP contribution in [0, 0.1) is 6.92 Å². The van der Waals surface area contributed by atoms with Crippen molar-refractivity contribution in [3.8, 4) is 0 Å². The summed E-state index contributed by atoms with van der Waals surface area (Å²) in [6.45, 7) is 10.5. The molecule has 3 heterocycles. The fourth-order valence-corrected chi connectivity index (χ4v) is 4.14. The van der Waals surface area contributed by atoms with Crippen LogP contribution in [0.15, 0.2) is 15.0 Å². The van der Waals surface area contributed by atoms with E-state index in [1.807, 2.05) is 24.1 Å². The van der Waals surface area contributed by atoms with Crippen LogP contribution in [0.5, 0.6) is 0 Å². The Labute approximate surface area is 155 Å². The van der Waals surface area contributed by atoms with Crippen LogP contribution in [0.2, 0.25) is 0 Å². The number of hydrogen-bond acceptors (Lipinski definition) is 8. The van der Waals surface area contributed by atoms with Crippen LogP contribution in [0.1, 0.15) is 30.4 Å². The molecule has 0 spiro atoms. The molecule has 0 aromatic carbocycles. The largest absolute Gasteiger partial charge is 0.416 e. The number of rotatable bonds is 6. The highest BCUT2D eigenvalue weighted by Gasteiger charge is 2.26. The number of hydrogen-bond donors (Lipinski definition) is 0. The summed E-state index contributed by atoms with van der Waals surface area (Å²) in [4.78, 5) is 21.3. The molecule has 2 aromatic rings. The zero-order chi connectivity index (χ0) is 17.8. The molecule has 2 aromatic heterocycles. The third-order valence-electron chi connectivity index (χ3n) is 4.20. The number of thioether (sulfide) groups is 1. The topological polar surface area (TPSA) is 75.4 Å². The molecule has 1 aliphatic heterocycles. The molecule has 1 saturated heterocycles. The highest BCUT2D eigenvalue weighted by molar-refractivity contribution is 8.00. The van der Waals surface area contributed by atoms with E-state index in [-0.39, 0.29) is 11.2 Å². The Morgan fingerprint density at radius 1 is 1.36 bits per heavy atom. The average molecular weight is 382 g/mol. The fraction of sp³-hybridized carbons (Fsp3) is 0.625. The second-order valence-corrected chi connectivity index (χ2v) is 8.37. The van der Waals surface area contributed by atoms with Crippen molar-refractivity contribution < 1.29 is 9.21 Å². The lowest BCUT2D eigenvalue weighted by molar-refractivity contribution is -0.132. The first kappa shape index (κ1) is 18.3. The molecule has 1 fully saturated rings. The molecule has 0 aliphatic carbocycles. The van der Waals surface area contributed by atoms with E-state index >= 15 is 0 Å². The first-order valence-electron chi connectivity index (χ1n) is 8.46. The van der Waals surface area contributed by atoms with E-state index in [0.717, 1.165) is 43.4 Å². The molecule has 0 unspecified atom stereocenters. The van der Waals surface area contributed by atoms with E-state index in [1.165, 1.54) is 11.8 Å². The zero-order valence-corrected chi connectivity index (χ0v) is 16.4. The minimum Gasteiger partial charge on any atom is -0.416 e. The molecule has 136 valence electrons. The molecular weight excluding hydrogens is 358 g/mol. The van der Waals surface area contributed by atoms with Gasteiger partial charge in [-0.3, -0.25) is 4.79 Å². The van der Waals surface area contributed by atoms with E-state index in [0.29, 0.717) is 17.5 Å². The summed E-state index contributed by atoms with van der Waals surface area (Å²) in [7, 11) is 0. The smallest absolute Gasteiger partial charge is 0.277 e. The lowest BCUT2D eigenvalue weighted by Crippen LogP contribution is -2.50. The van der Waals surface area contributed by atoms with E-state index < -0.39 is 0 Å². The number of amides is 1. The van der Waals surface area contributed by atoms with Gasteiger partial charge >= 0.3 is 0 Å². The van der Waals surface area contributed by atoms with Crippen LogP contribution in [-0.4, -0.2) is 68.9 Å². The van der Waals surface area contributed by atoms with Crippen LogP contribution < -0.4 is 0 Å². The maximum absolute atomic E-state index is 12.6. The van der Waals surface area contributed by atoms with Crippen molar-refractivity contribution in [2.24, 2.45) is 0 Å². The Morgan fingerprint density at radius 2 is 2.12 bits per heavy atom. The molecule has 0 saturated carbocycles. The van der Waals surface area contributed by atoms with Gasteiger partial charge in [-0.25, -0.2) is 4.98 Å². The monoisotopic (exact) mass is 381 g/mol. The van der Waals surface area contributed by atoms with Crippen molar-refractivity contribution in [1.82, 2.24) is 25.0 Å². The van der Waals surface area contributed by atoms with Gasteiger partial charge < -0.3 is 14.2 Å². The van der Waals surface area contributed by atoms with Crippen molar-refractivity contribution in [2.45, 2.75) is 37.7 Å². The molecule has 0 radical (unpaired) electrons. The number of aromatic nitrogens is 3. The highest BCUT2D eigenvalue weighted by Crippen LogP contribution is 2.24. The molecule has 1 atom stereocenters. The average Bonchev–Trinajstić information content (AvgIpc) is 3.23. The molecule has 0 bridgehead atoms. The minimum atomic E-state index is -0.233. The Bertz CT molecular complexity index is 709. The number of piperazine rings is 1. The molecule has 0 N–H and O–H groups in total. The third-order valence-corrected chi connectivity index (χ3v) is 5.95. The van der Waals surface area contributed by atoms with Crippen molar-refractivity contribution in [2.75, 3.05) is 32.7 Å². The number of nitrogens with zero attached hydrogens (tertiary/aromatic N) is 5. The molecule has 1 amide bonds. The number of thiazole rings is 1. The number of carbonyl (C=O) groups excluding carboxylic acids is 1. The van der Waals surface area contributed by atoms with Gasteiger partial charge in [-0.1, -0.05) is 18.7 Å². The van der Waals surface area contributed by atoms with E-state index in [9.17, 15) is 4.79 Å². The summed E-state index contributed by atoms with van der Waals surface area (Å²) < 4.78 is 5.67. The van der Waals surface area contributed by atoms with Crippen LogP contribution >= 0.6 is 23.1 Å². The normalized spacial score (nSPS) is 17.0. The van der Waals surface area contributed by atoms with Gasteiger partial charge in [-0.2, -0.15) is 0 Å². The van der Waals surface area contributed by atoms with Gasteiger partial charge in [0.1, 0.15) is 0 Å². The van der Waals surface area contributed by atoms with Gasteiger partial charge in [0.2, 0.25) is 11.8 Å². The Hall–Kier alpha value is -1.45. The standard InChI is InChI=1S/C16H23N5O2S2/c1-4-20-5-7-21(8-6-20)15(22)11(2)25-16-19-18-14(23-16)9-13-10-24-12(3)17-13/h10-11H,4-9H2,1-3H3/t11-/m1/s1. The van der Waals surface area contributed by atoms with Crippen LogP contribution in [0.4, 0.5) is 0 Å². The summed E-state index contributed by atoms with van der Waals surface area (Å²) in [5.41, 5.74) is 0.931. The summed E-state index contributed by atoms with van der Waals surface area (Å²) in [6.07, 6.45) is 0.527. The first-order valence-corrected chi connectivity index (χ1v) is 10.2. The first-order chi connectivity index (χ1) is 12.0. The van der Waals surface area contributed by atoms with E-state index in [2.05, 4.69) is 27.0 Å². The number of aryl methyl sites for hydroxylation is 1. The number of carbonyl (C=O) groups is 1. The fourth-order valence-electron chi connectivity index (χ4n) is 2.74. The van der Waals surface area contributed by atoms with Crippen molar-refractivity contribution in [1.29, 1.82) is 0 Å². The summed E-state index contributed by atoms with van der Waals surface area (Å²) in [6, 6.07) is 0. The molecule has 7 nitrogen and oxygen atoms in total. The lowest BCUT2D eigenvalue weighted by Gasteiger charge is -2.35. The van der Waals surface area contributed by atoms with Gasteiger partial charge in [-0.05, 0) is 20.4 Å². The Morgan fingerprint density at radius 3 is 2.76 bits per heavy atom. The van der Waals surface area contributed by atoms with Crippen molar-refractivity contribution in [3.05, 3.63) is 22.0 Å².